The molecule has 19 heavy (non-hydrogen) atoms. The van der Waals surface area contributed by atoms with Gasteiger partial charge in [-0.1, -0.05) is 13.8 Å². The maximum atomic E-state index is 10.4. The summed E-state index contributed by atoms with van der Waals surface area (Å²) in [5.74, 6) is 1.74. The van der Waals surface area contributed by atoms with Gasteiger partial charge in [-0.05, 0) is 50.4 Å². The fraction of sp³-hybridized carbons (Fsp3) is 1.00. The van der Waals surface area contributed by atoms with E-state index in [-0.39, 0.29) is 12.2 Å². The van der Waals surface area contributed by atoms with Crippen LogP contribution in [0.25, 0.3) is 0 Å². The van der Waals surface area contributed by atoms with Gasteiger partial charge in [0.25, 0.3) is 0 Å². The Hall–Kier alpha value is -0.120. The van der Waals surface area contributed by atoms with E-state index < -0.39 is 0 Å². The summed E-state index contributed by atoms with van der Waals surface area (Å²) in [7, 11) is 0. The zero-order valence-electron chi connectivity index (χ0n) is 12.3. The molecule has 0 aromatic rings. The van der Waals surface area contributed by atoms with Crippen LogP contribution in [0.5, 0.6) is 0 Å². The Balaban J connectivity index is 1.65. The maximum absolute atomic E-state index is 10.4. The Morgan fingerprint density at radius 2 is 1.58 bits per heavy atom. The van der Waals surface area contributed by atoms with Crippen molar-refractivity contribution in [2.24, 2.45) is 17.8 Å². The van der Waals surface area contributed by atoms with Crippen LogP contribution in [0, 0.1) is 17.8 Å². The van der Waals surface area contributed by atoms with Gasteiger partial charge in [-0.3, -0.25) is 4.90 Å². The van der Waals surface area contributed by atoms with Crippen LogP contribution in [0.3, 0.4) is 0 Å². The third kappa shape index (κ3) is 2.70. The van der Waals surface area contributed by atoms with Crippen molar-refractivity contribution in [1.82, 2.24) is 4.90 Å². The number of hydrogen-bond donors (Lipinski definition) is 2. The largest absolute Gasteiger partial charge is 0.393 e. The molecule has 2 heterocycles. The zero-order valence-corrected chi connectivity index (χ0v) is 12.3. The third-order valence-electron chi connectivity index (χ3n) is 5.92. The standard InChI is InChI=1S/C16H29NO2/c1-10-5-11(2)15(16(19)6-10)9-17-12-3-4-13(17)8-14(18)7-12/h10-16,18-19H,3-9H2,1-2H3. The summed E-state index contributed by atoms with van der Waals surface area (Å²) in [6.07, 6.45) is 6.42. The van der Waals surface area contributed by atoms with Crippen molar-refractivity contribution in [3.63, 3.8) is 0 Å². The van der Waals surface area contributed by atoms with Gasteiger partial charge in [-0.25, -0.2) is 0 Å². The van der Waals surface area contributed by atoms with Gasteiger partial charge in [0.05, 0.1) is 12.2 Å². The van der Waals surface area contributed by atoms with Crippen molar-refractivity contribution in [3.05, 3.63) is 0 Å². The van der Waals surface area contributed by atoms with Crippen molar-refractivity contribution in [2.75, 3.05) is 6.54 Å². The first-order valence-electron chi connectivity index (χ1n) is 8.16. The molecule has 3 aliphatic rings. The third-order valence-corrected chi connectivity index (χ3v) is 5.92. The summed E-state index contributed by atoms with van der Waals surface area (Å²) in [6, 6.07) is 1.15. The van der Waals surface area contributed by atoms with Crippen LogP contribution in [0.4, 0.5) is 0 Å². The predicted octanol–water partition coefficient (Wildman–Crippen LogP) is 2.02. The summed E-state index contributed by atoms with van der Waals surface area (Å²) in [5, 5.41) is 20.3. The number of rotatable bonds is 2. The summed E-state index contributed by atoms with van der Waals surface area (Å²) in [6.45, 7) is 5.62. The lowest BCUT2D eigenvalue weighted by Crippen LogP contribution is -2.50. The van der Waals surface area contributed by atoms with Crippen molar-refractivity contribution >= 4 is 0 Å². The first-order valence-corrected chi connectivity index (χ1v) is 8.16. The summed E-state index contributed by atoms with van der Waals surface area (Å²) >= 11 is 0. The molecule has 2 aliphatic heterocycles. The average Bonchev–Trinajstić information content (AvgIpc) is 2.55. The molecule has 3 fully saturated rings. The second-order valence-electron chi connectivity index (χ2n) is 7.49. The van der Waals surface area contributed by atoms with Gasteiger partial charge in [0, 0.05) is 24.5 Å². The molecule has 0 radical (unpaired) electrons. The Labute approximate surface area is 117 Å². The average molecular weight is 267 g/mol. The van der Waals surface area contributed by atoms with Crippen LogP contribution < -0.4 is 0 Å². The highest BCUT2D eigenvalue weighted by atomic mass is 16.3. The van der Waals surface area contributed by atoms with Crippen LogP contribution in [0.15, 0.2) is 0 Å². The Morgan fingerprint density at radius 1 is 0.947 bits per heavy atom. The number of nitrogens with zero attached hydrogens (tertiary/aromatic N) is 1. The first kappa shape index (κ1) is 13.8. The van der Waals surface area contributed by atoms with Crippen molar-refractivity contribution in [3.8, 4) is 0 Å². The van der Waals surface area contributed by atoms with E-state index in [4.69, 9.17) is 0 Å². The number of fused-ring (bicyclic) bond motifs is 2. The van der Waals surface area contributed by atoms with E-state index in [1.54, 1.807) is 0 Å². The predicted molar refractivity (Wildman–Crippen MR) is 75.8 cm³/mol. The van der Waals surface area contributed by atoms with E-state index in [9.17, 15) is 10.2 Å². The lowest BCUT2D eigenvalue weighted by molar-refractivity contribution is -0.0315. The van der Waals surface area contributed by atoms with E-state index in [1.165, 1.54) is 19.3 Å². The summed E-state index contributed by atoms with van der Waals surface area (Å²) in [4.78, 5) is 2.62. The molecule has 2 bridgehead atoms. The highest BCUT2D eigenvalue weighted by molar-refractivity contribution is 4.97. The first-order chi connectivity index (χ1) is 9.04. The minimum atomic E-state index is -0.120. The molecule has 1 saturated carbocycles. The Bertz CT molecular complexity index is 296. The van der Waals surface area contributed by atoms with E-state index >= 15 is 0 Å². The normalized spacial score (nSPS) is 51.5. The Morgan fingerprint density at radius 3 is 2.16 bits per heavy atom. The highest BCUT2D eigenvalue weighted by Gasteiger charge is 2.43. The highest BCUT2D eigenvalue weighted by Crippen LogP contribution is 2.40. The van der Waals surface area contributed by atoms with E-state index in [1.807, 2.05) is 0 Å². The molecule has 0 spiro atoms. The van der Waals surface area contributed by atoms with E-state index in [2.05, 4.69) is 18.7 Å². The minimum absolute atomic E-state index is 0.0810. The molecular formula is C16H29NO2. The van der Waals surface area contributed by atoms with Crippen LogP contribution in [-0.4, -0.2) is 45.9 Å². The quantitative estimate of drug-likeness (QED) is 0.804. The van der Waals surface area contributed by atoms with Gasteiger partial charge in [0.1, 0.15) is 0 Å². The number of hydrogen-bond acceptors (Lipinski definition) is 3. The summed E-state index contributed by atoms with van der Waals surface area (Å²) in [5.41, 5.74) is 0. The SMILES string of the molecule is CC1CC(C)C(CN2C3CCC2CC(O)C3)C(O)C1. The zero-order chi connectivity index (χ0) is 13.6. The molecule has 0 aromatic carbocycles. The van der Waals surface area contributed by atoms with Crippen LogP contribution in [0.1, 0.15) is 52.4 Å². The van der Waals surface area contributed by atoms with Gasteiger partial charge in [0.15, 0.2) is 0 Å². The lowest BCUT2D eigenvalue weighted by atomic mass is 9.73. The van der Waals surface area contributed by atoms with E-state index in [0.717, 1.165) is 25.8 Å². The van der Waals surface area contributed by atoms with E-state index in [0.29, 0.717) is 29.8 Å². The molecular weight excluding hydrogens is 238 g/mol. The number of piperidine rings is 1. The molecule has 6 atom stereocenters. The van der Waals surface area contributed by atoms with Crippen molar-refractivity contribution in [2.45, 2.75) is 76.7 Å². The number of aliphatic hydroxyl groups excluding tert-OH is 2. The second kappa shape index (κ2) is 5.34. The number of aliphatic hydroxyl groups is 2. The molecule has 110 valence electrons. The monoisotopic (exact) mass is 267 g/mol. The maximum Gasteiger partial charge on any atom is 0.0585 e. The van der Waals surface area contributed by atoms with Crippen LogP contribution in [0.2, 0.25) is 0 Å². The van der Waals surface area contributed by atoms with Crippen molar-refractivity contribution < 1.29 is 10.2 Å². The van der Waals surface area contributed by atoms with Crippen molar-refractivity contribution in [1.29, 1.82) is 0 Å². The second-order valence-corrected chi connectivity index (χ2v) is 7.49. The summed E-state index contributed by atoms with van der Waals surface area (Å²) < 4.78 is 0. The molecule has 1 aliphatic carbocycles. The molecule has 3 nitrogen and oxygen atoms in total. The minimum Gasteiger partial charge on any atom is -0.393 e. The smallest absolute Gasteiger partial charge is 0.0585 e. The molecule has 3 rings (SSSR count). The molecule has 0 amide bonds. The van der Waals surface area contributed by atoms with Gasteiger partial charge >= 0.3 is 0 Å². The van der Waals surface area contributed by atoms with Gasteiger partial charge in [-0.2, -0.15) is 0 Å². The van der Waals surface area contributed by atoms with Crippen LogP contribution >= 0.6 is 0 Å². The lowest BCUT2D eigenvalue weighted by Gasteiger charge is -2.44. The topological polar surface area (TPSA) is 43.7 Å². The molecule has 6 unspecified atom stereocenters. The Kier molecular flexibility index (Phi) is 3.89. The van der Waals surface area contributed by atoms with Gasteiger partial charge < -0.3 is 10.2 Å². The molecule has 2 N–H and O–H groups in total. The van der Waals surface area contributed by atoms with Gasteiger partial charge in [0.2, 0.25) is 0 Å². The van der Waals surface area contributed by atoms with Gasteiger partial charge in [-0.15, -0.1) is 0 Å². The molecule has 0 aromatic heterocycles. The molecule has 2 saturated heterocycles. The van der Waals surface area contributed by atoms with Crippen LogP contribution in [-0.2, 0) is 0 Å². The fourth-order valence-corrected chi connectivity index (χ4v) is 4.96. The fourth-order valence-electron chi connectivity index (χ4n) is 4.96. The molecule has 3 heteroatoms.